The average molecular weight is 1460 g/mol. The van der Waals surface area contributed by atoms with Gasteiger partial charge in [0.15, 0.2) is 37.8 Å². The van der Waals surface area contributed by atoms with Crippen LogP contribution in [0, 0.1) is 0 Å². The number of nitrogens with one attached hydrogen (secondary N) is 3. The van der Waals surface area contributed by atoms with Gasteiger partial charge < -0.3 is 68.0 Å². The number of hydrogen-bond acceptors (Lipinski definition) is 18. The summed E-state index contributed by atoms with van der Waals surface area (Å²) in [5, 5.41) is 8.38. The third kappa shape index (κ3) is 30.5. The highest BCUT2D eigenvalue weighted by molar-refractivity contribution is 6.63. The van der Waals surface area contributed by atoms with E-state index in [9.17, 15) is 38.4 Å². The van der Waals surface area contributed by atoms with Crippen LogP contribution >= 0.6 is 58.0 Å². The summed E-state index contributed by atoms with van der Waals surface area (Å²) < 4.78 is 37.0. The van der Waals surface area contributed by atoms with Gasteiger partial charge in [0.1, 0.15) is 34.2 Å². The molecule has 24 nitrogen and oxygen atoms in total. The number of carbonyl (C=O) groups excluding carboxylic acids is 7. The zero-order valence-electron chi connectivity index (χ0n) is 55.2. The van der Waals surface area contributed by atoms with Crippen LogP contribution in [0.25, 0.3) is 11.1 Å². The molecule has 0 aliphatic carbocycles. The molecule has 5 heterocycles. The van der Waals surface area contributed by atoms with Crippen molar-refractivity contribution in [3.05, 3.63) is 151 Å². The lowest BCUT2D eigenvalue weighted by Gasteiger charge is -2.35. The van der Waals surface area contributed by atoms with Gasteiger partial charge in [-0.25, -0.2) is 14.4 Å². The highest BCUT2D eigenvalue weighted by atomic mass is 35.5. The molecular weight excluding hydrogens is 1370 g/mol. The van der Waals surface area contributed by atoms with Crippen LogP contribution in [0.3, 0.4) is 0 Å². The molecule has 10 rings (SSSR count). The maximum Gasteiger partial charge on any atom is 0.417 e. The standard InChI is InChI=1S/C22H22ClN3O5.C17H23ClN2O4.C12H15ClN2O2.C9H18N2O2.C8H6Cl2O2.CH4/c23-16-2-4-17(5-3-16)30-14-21(28)26-11-9-25(10-12-26)8-7-19(27)15-1-6-18-20(13-15)31-22(29)24-18;1-17(2,3)24-16(22)20-10-8-19(9-11-20)15(21)12-23-14-6-4-13(18)5-7-14;13-10-1-3-11(4-2-10)17-9-12(16)15-7-5-14-6-8-15;1-9(2,3)13-8(12)11-6-4-10-5-7-11;9-6-1-3-7(4-2-6)12-5-8(10)11;/h1-6,13H,7-12,14H2,(H,24,29);4-7H,8-12H2,1-3H3;1-4,14H,5-9H2;10H,4-7H2,1-3H3;1-4H,5H2;1H4. The van der Waals surface area contributed by atoms with Crippen molar-refractivity contribution in [2.45, 2.75) is 66.6 Å². The Balaban J connectivity index is 0.000000231. The number of aromatic amines is 1. The number of carbonyl (C=O) groups is 7. The summed E-state index contributed by atoms with van der Waals surface area (Å²) in [5.41, 5.74) is 0.563. The molecule has 98 heavy (non-hydrogen) atoms. The highest BCUT2D eigenvalue weighted by Crippen LogP contribution is 2.21. The van der Waals surface area contributed by atoms with Crippen molar-refractivity contribution in [3.63, 3.8) is 0 Å². The molecule has 5 aromatic carbocycles. The van der Waals surface area contributed by atoms with Gasteiger partial charge in [-0.1, -0.05) is 53.8 Å². The van der Waals surface area contributed by atoms with Gasteiger partial charge in [-0.05, 0) is 168 Å². The fourth-order valence-electron chi connectivity index (χ4n) is 9.27. The van der Waals surface area contributed by atoms with E-state index >= 15 is 0 Å². The molecule has 3 N–H and O–H groups in total. The molecule has 4 aliphatic rings. The smallest absolute Gasteiger partial charge is 0.417 e. The van der Waals surface area contributed by atoms with E-state index in [0.29, 0.717) is 125 Å². The highest BCUT2D eigenvalue weighted by Gasteiger charge is 2.29. The Kier molecular flexibility index (Phi) is 33.8. The van der Waals surface area contributed by atoms with Crippen LogP contribution in [0.15, 0.2) is 124 Å². The van der Waals surface area contributed by atoms with Gasteiger partial charge in [0.05, 0.1) is 5.52 Å². The quantitative estimate of drug-likeness (QED) is 0.0601. The van der Waals surface area contributed by atoms with Gasteiger partial charge in [-0.15, -0.1) is 0 Å². The van der Waals surface area contributed by atoms with Crippen LogP contribution in [0.2, 0.25) is 20.1 Å². The summed E-state index contributed by atoms with van der Waals surface area (Å²) in [6.45, 7) is 22.5. The van der Waals surface area contributed by atoms with Crippen LogP contribution in [0.4, 0.5) is 9.59 Å². The largest absolute Gasteiger partial charge is 0.484 e. The van der Waals surface area contributed by atoms with Crippen molar-refractivity contribution in [2.75, 3.05) is 138 Å². The first-order valence-corrected chi connectivity index (χ1v) is 33.3. The maximum atomic E-state index is 12.5. The number of ketones is 1. The van der Waals surface area contributed by atoms with E-state index in [1.54, 1.807) is 135 Å². The summed E-state index contributed by atoms with van der Waals surface area (Å²) in [6.07, 6.45) is -0.186. The Morgan fingerprint density at radius 1 is 0.449 bits per heavy atom. The first-order valence-electron chi connectivity index (χ1n) is 31.5. The van der Waals surface area contributed by atoms with Crippen molar-refractivity contribution in [1.29, 1.82) is 0 Å². The molecule has 4 fully saturated rings. The van der Waals surface area contributed by atoms with E-state index in [1.165, 1.54) is 0 Å². The van der Waals surface area contributed by atoms with Crippen LogP contribution in [-0.4, -0.2) is 224 Å². The molecule has 4 saturated heterocycles. The molecule has 0 radical (unpaired) electrons. The maximum absolute atomic E-state index is 12.5. The molecular formula is C69H88Cl5N9O15. The normalized spacial score (nSPS) is 14.7. The summed E-state index contributed by atoms with van der Waals surface area (Å²) in [5.74, 6) is 1.76. The molecule has 1 aromatic heterocycles. The molecule has 4 aliphatic heterocycles. The van der Waals surface area contributed by atoms with Crippen LogP contribution in [0.1, 0.15) is 65.7 Å². The molecule has 534 valence electrons. The third-order valence-electron chi connectivity index (χ3n) is 14.3. The lowest BCUT2D eigenvalue weighted by Crippen LogP contribution is -2.52. The molecule has 29 heteroatoms. The Bertz CT molecular complexity index is 3530. The number of fused-ring (bicyclic) bond motifs is 1. The van der Waals surface area contributed by atoms with Crippen LogP contribution < -0.4 is 35.3 Å². The summed E-state index contributed by atoms with van der Waals surface area (Å²) >= 11 is 28.1. The van der Waals surface area contributed by atoms with E-state index in [2.05, 4.69) is 20.5 Å². The average Bonchev–Trinajstić information content (AvgIpc) is 1.66. The van der Waals surface area contributed by atoms with Crippen molar-refractivity contribution >= 4 is 110 Å². The van der Waals surface area contributed by atoms with Gasteiger partial charge in [0, 0.05) is 143 Å². The number of ether oxygens (including phenoxy) is 6. The number of H-pyrrole nitrogens is 1. The number of Topliss-reactive ketones (excluding diaryl/α,β-unsaturated/α-hetero) is 1. The summed E-state index contributed by atoms with van der Waals surface area (Å²) in [7, 11) is 0. The Morgan fingerprint density at radius 2 is 0.776 bits per heavy atom. The van der Waals surface area contributed by atoms with E-state index in [4.69, 9.17) is 90.8 Å². The van der Waals surface area contributed by atoms with Crippen molar-refractivity contribution in [1.82, 2.24) is 45.0 Å². The van der Waals surface area contributed by atoms with Gasteiger partial charge in [0.25, 0.3) is 23.0 Å². The molecule has 0 atom stereocenters. The molecule has 0 saturated carbocycles. The van der Waals surface area contributed by atoms with E-state index in [1.807, 2.05) is 46.4 Å². The second kappa shape index (κ2) is 40.9. The topological polar surface area (TPSA) is 264 Å². The lowest BCUT2D eigenvalue weighted by atomic mass is 10.1. The Labute approximate surface area is 596 Å². The zero-order chi connectivity index (χ0) is 70.5. The van der Waals surface area contributed by atoms with Gasteiger partial charge in [0.2, 0.25) is 0 Å². The number of benzene rings is 5. The minimum Gasteiger partial charge on any atom is -0.484 e. The minimum atomic E-state index is -0.536. The molecule has 0 unspecified atom stereocenters. The van der Waals surface area contributed by atoms with Gasteiger partial charge in [-0.3, -0.25) is 33.9 Å². The van der Waals surface area contributed by atoms with Gasteiger partial charge in [-0.2, -0.15) is 0 Å². The number of halogens is 5. The minimum absolute atomic E-state index is 0. The molecule has 6 aromatic rings. The predicted octanol–water partition coefficient (Wildman–Crippen LogP) is 10.5. The second-order valence-corrected chi connectivity index (χ2v) is 26.3. The van der Waals surface area contributed by atoms with Crippen molar-refractivity contribution in [3.8, 4) is 23.0 Å². The lowest BCUT2D eigenvalue weighted by molar-refractivity contribution is -0.135. The number of rotatable bonds is 16. The monoisotopic (exact) mass is 1460 g/mol. The second-order valence-electron chi connectivity index (χ2n) is 24.1. The summed E-state index contributed by atoms with van der Waals surface area (Å²) in [6, 6.07) is 32.4. The van der Waals surface area contributed by atoms with Crippen LogP contribution in [-0.2, 0) is 28.7 Å². The molecule has 5 amide bonds. The predicted molar refractivity (Wildman–Crippen MR) is 379 cm³/mol. The SMILES string of the molecule is C.CC(C)(C)OC(=O)N1CCN(C(=O)COc2ccc(Cl)cc2)CC1.CC(C)(C)OC(=O)N1CCNCC1.O=C(CCN1CCN(C(=O)COc2ccc(Cl)cc2)CC1)c1ccc2[nH]c(=O)oc2c1.O=C(COc1ccc(Cl)cc1)N1CCNCC1.O=C(Cl)COc1ccc(Cl)cc1. The Morgan fingerprint density at radius 3 is 1.14 bits per heavy atom. The number of nitrogens with zero attached hydrogens (tertiary/aromatic N) is 6. The first kappa shape index (κ1) is 80.9. The number of amides is 5. The van der Waals surface area contributed by atoms with Gasteiger partial charge >= 0.3 is 17.9 Å². The summed E-state index contributed by atoms with van der Waals surface area (Å²) in [4.78, 5) is 107. The number of oxazole rings is 1. The first-order chi connectivity index (χ1) is 46.1. The zero-order valence-corrected chi connectivity index (χ0v) is 59.0. The fraction of sp³-hybridized carbons (Fsp3) is 0.449. The fourth-order valence-corrected chi connectivity index (χ4v) is 9.83. The van der Waals surface area contributed by atoms with Crippen molar-refractivity contribution < 1.29 is 66.4 Å². The molecule has 0 spiro atoms. The van der Waals surface area contributed by atoms with Crippen LogP contribution in [0.5, 0.6) is 23.0 Å². The third-order valence-corrected chi connectivity index (χ3v) is 15.5. The van der Waals surface area contributed by atoms with Crippen molar-refractivity contribution in [2.24, 2.45) is 0 Å². The number of hydrogen-bond donors (Lipinski definition) is 3. The van der Waals surface area contributed by atoms with E-state index in [-0.39, 0.29) is 75.1 Å². The number of aromatic nitrogens is 1. The number of piperazine rings is 4. The molecule has 0 bridgehead atoms. The Hall–Kier alpha value is -7.81. The van der Waals surface area contributed by atoms with E-state index < -0.39 is 16.6 Å². The van der Waals surface area contributed by atoms with E-state index in [0.717, 1.165) is 52.4 Å².